The van der Waals surface area contributed by atoms with Crippen LogP contribution in [0.1, 0.15) is 23.2 Å². The first kappa shape index (κ1) is 21.6. The van der Waals surface area contributed by atoms with Crippen LogP contribution in [0, 0.1) is 5.92 Å². The highest BCUT2D eigenvalue weighted by molar-refractivity contribution is 5.99. The first-order chi connectivity index (χ1) is 14.3. The van der Waals surface area contributed by atoms with Crippen LogP contribution in [0.2, 0.25) is 0 Å². The molecule has 3 saturated heterocycles. The average molecular weight is 417 g/mol. The highest BCUT2D eigenvalue weighted by Crippen LogP contribution is 2.34. The predicted octanol–water partition coefficient (Wildman–Crippen LogP) is 1.05. The maximum atomic E-state index is 12.7. The monoisotopic (exact) mass is 417 g/mol. The summed E-state index contributed by atoms with van der Waals surface area (Å²) in [7, 11) is 2.04. The lowest BCUT2D eigenvalue weighted by molar-refractivity contribution is -0.134. The molecule has 2 bridgehead atoms. The molecule has 1 aromatic carbocycles. The molecular weight excluding hydrogens is 390 g/mol. The summed E-state index contributed by atoms with van der Waals surface area (Å²) >= 11 is 0. The van der Waals surface area contributed by atoms with E-state index in [1.807, 2.05) is 25.2 Å². The fourth-order valence-electron chi connectivity index (χ4n) is 4.08. The lowest BCUT2D eigenvalue weighted by atomic mass is 9.84. The SMILES string of the molecule is CN1CCOc2c(C(=O)NC3CN4CCC3CC4)cccc21.O=C(O)C=CC(=O)O. The summed E-state index contributed by atoms with van der Waals surface area (Å²) in [6, 6.07) is 6.11. The van der Waals surface area contributed by atoms with Crippen molar-refractivity contribution < 1.29 is 29.3 Å². The highest BCUT2D eigenvalue weighted by atomic mass is 16.5. The van der Waals surface area contributed by atoms with E-state index in [0.29, 0.717) is 30.2 Å². The molecule has 3 N–H and O–H groups in total. The lowest BCUT2D eigenvalue weighted by Crippen LogP contribution is -2.57. The number of para-hydroxylation sites is 1. The Bertz CT molecular complexity index is 816. The van der Waals surface area contributed by atoms with Crippen molar-refractivity contribution in [3.05, 3.63) is 35.9 Å². The number of carbonyl (C=O) groups excluding carboxylic acids is 1. The van der Waals surface area contributed by atoms with Gasteiger partial charge in [0.25, 0.3) is 5.91 Å². The number of carbonyl (C=O) groups is 3. The molecule has 4 heterocycles. The Morgan fingerprint density at radius 3 is 2.33 bits per heavy atom. The molecule has 5 rings (SSSR count). The van der Waals surface area contributed by atoms with Gasteiger partial charge in [0, 0.05) is 31.8 Å². The molecule has 0 aromatic heterocycles. The minimum atomic E-state index is -1.26. The quantitative estimate of drug-likeness (QED) is 0.622. The summed E-state index contributed by atoms with van der Waals surface area (Å²) in [6.45, 7) is 4.86. The van der Waals surface area contributed by atoms with Gasteiger partial charge in [-0.25, -0.2) is 9.59 Å². The molecule has 0 aliphatic carbocycles. The number of hydrogen-bond donors (Lipinski definition) is 3. The van der Waals surface area contributed by atoms with Crippen LogP contribution in [-0.4, -0.2) is 78.8 Å². The first-order valence-electron chi connectivity index (χ1n) is 9.99. The topological polar surface area (TPSA) is 119 Å². The van der Waals surface area contributed by atoms with Crippen LogP contribution in [0.25, 0.3) is 0 Å². The van der Waals surface area contributed by atoms with E-state index < -0.39 is 11.9 Å². The summed E-state index contributed by atoms with van der Waals surface area (Å²) in [5, 5.41) is 18.9. The van der Waals surface area contributed by atoms with Gasteiger partial charge in [0.05, 0.1) is 17.8 Å². The lowest BCUT2D eigenvalue weighted by Gasteiger charge is -2.45. The Balaban J connectivity index is 0.000000275. The third-order valence-corrected chi connectivity index (χ3v) is 5.66. The fraction of sp³-hybridized carbons (Fsp3) is 0.476. The molecule has 4 aliphatic heterocycles. The molecular formula is C21H27N3O6. The predicted molar refractivity (Wildman–Crippen MR) is 110 cm³/mol. The molecule has 3 fully saturated rings. The smallest absolute Gasteiger partial charge is 0.328 e. The van der Waals surface area contributed by atoms with Gasteiger partial charge in [-0.15, -0.1) is 0 Å². The molecule has 4 aliphatic rings. The van der Waals surface area contributed by atoms with Crippen molar-refractivity contribution in [1.82, 2.24) is 10.2 Å². The van der Waals surface area contributed by atoms with Crippen LogP contribution in [0.15, 0.2) is 30.4 Å². The fourth-order valence-corrected chi connectivity index (χ4v) is 4.08. The average Bonchev–Trinajstić information content (AvgIpc) is 2.73. The number of nitrogens with one attached hydrogen (secondary N) is 1. The second-order valence-electron chi connectivity index (χ2n) is 7.65. The van der Waals surface area contributed by atoms with E-state index in [9.17, 15) is 14.4 Å². The maximum Gasteiger partial charge on any atom is 0.328 e. The van der Waals surface area contributed by atoms with Gasteiger partial charge in [-0.3, -0.25) is 4.79 Å². The van der Waals surface area contributed by atoms with E-state index >= 15 is 0 Å². The summed E-state index contributed by atoms with van der Waals surface area (Å²) in [4.78, 5) is 36.4. The summed E-state index contributed by atoms with van der Waals surface area (Å²) < 4.78 is 5.78. The Morgan fingerprint density at radius 2 is 1.77 bits per heavy atom. The van der Waals surface area contributed by atoms with Crippen molar-refractivity contribution in [3.8, 4) is 5.75 Å². The summed E-state index contributed by atoms with van der Waals surface area (Å²) in [5.74, 6) is -1.14. The van der Waals surface area contributed by atoms with Crippen LogP contribution in [0.5, 0.6) is 5.75 Å². The molecule has 162 valence electrons. The van der Waals surface area contributed by atoms with Crippen LogP contribution in [-0.2, 0) is 9.59 Å². The minimum Gasteiger partial charge on any atom is -0.489 e. The van der Waals surface area contributed by atoms with Crippen LogP contribution < -0.4 is 15.0 Å². The number of nitrogens with zero attached hydrogens (tertiary/aromatic N) is 2. The number of benzene rings is 1. The van der Waals surface area contributed by atoms with Crippen molar-refractivity contribution >= 4 is 23.5 Å². The van der Waals surface area contributed by atoms with E-state index in [1.54, 1.807) is 0 Å². The number of amides is 1. The number of fused-ring (bicyclic) bond motifs is 4. The van der Waals surface area contributed by atoms with Gasteiger partial charge < -0.3 is 30.1 Å². The van der Waals surface area contributed by atoms with Gasteiger partial charge in [0.15, 0.2) is 5.75 Å². The Hall–Kier alpha value is -3.07. The van der Waals surface area contributed by atoms with E-state index in [-0.39, 0.29) is 11.9 Å². The highest BCUT2D eigenvalue weighted by Gasteiger charge is 2.35. The van der Waals surface area contributed by atoms with Crippen molar-refractivity contribution in [2.75, 3.05) is 44.7 Å². The standard InChI is InChI=1S/C17H23N3O2.C4H4O4/c1-19-9-10-22-16-13(3-2-4-15(16)19)17(21)18-14-11-20-7-5-12(14)6-8-20;5-3(6)1-2-4(7)8/h2-4,12,14H,5-11H2,1H3,(H,18,21);1-2H,(H,5,6)(H,7,8). The molecule has 9 nitrogen and oxygen atoms in total. The number of rotatable bonds is 4. The molecule has 1 amide bonds. The van der Waals surface area contributed by atoms with E-state index in [4.69, 9.17) is 14.9 Å². The normalized spacial score (nSPS) is 24.3. The first-order valence-corrected chi connectivity index (χ1v) is 9.99. The molecule has 0 radical (unpaired) electrons. The second-order valence-corrected chi connectivity index (χ2v) is 7.65. The van der Waals surface area contributed by atoms with Crippen molar-refractivity contribution in [2.45, 2.75) is 18.9 Å². The minimum absolute atomic E-state index is 0.00546. The molecule has 1 atom stereocenters. The molecule has 1 unspecified atom stereocenters. The zero-order valence-corrected chi connectivity index (χ0v) is 16.9. The zero-order valence-electron chi connectivity index (χ0n) is 16.9. The number of carboxylic acids is 2. The number of likely N-dealkylation sites (N-methyl/N-ethyl adjacent to an activating group) is 1. The van der Waals surface area contributed by atoms with Crippen LogP contribution in [0.3, 0.4) is 0 Å². The third kappa shape index (κ3) is 5.29. The number of ether oxygens (including phenoxy) is 1. The molecule has 0 saturated carbocycles. The molecule has 0 spiro atoms. The van der Waals surface area contributed by atoms with Gasteiger partial charge >= 0.3 is 11.9 Å². The van der Waals surface area contributed by atoms with Gasteiger partial charge in [-0.1, -0.05) is 6.07 Å². The second kappa shape index (κ2) is 9.62. The summed E-state index contributed by atoms with van der Waals surface area (Å²) in [5.41, 5.74) is 1.67. The summed E-state index contributed by atoms with van der Waals surface area (Å²) in [6.07, 6.45) is 3.53. The van der Waals surface area contributed by atoms with Crippen molar-refractivity contribution in [2.24, 2.45) is 5.92 Å². The van der Waals surface area contributed by atoms with Gasteiger partial charge in [-0.2, -0.15) is 0 Å². The van der Waals surface area contributed by atoms with E-state index in [1.165, 1.54) is 25.9 Å². The largest absolute Gasteiger partial charge is 0.489 e. The molecule has 30 heavy (non-hydrogen) atoms. The van der Waals surface area contributed by atoms with Crippen LogP contribution >= 0.6 is 0 Å². The Kier molecular flexibility index (Phi) is 6.94. The Labute approximate surface area is 174 Å². The van der Waals surface area contributed by atoms with E-state index in [0.717, 1.165) is 24.5 Å². The van der Waals surface area contributed by atoms with E-state index in [2.05, 4.69) is 15.1 Å². The number of piperidine rings is 3. The van der Waals surface area contributed by atoms with Crippen molar-refractivity contribution in [3.63, 3.8) is 0 Å². The molecule has 1 aromatic rings. The Morgan fingerprint density at radius 1 is 1.10 bits per heavy atom. The maximum absolute atomic E-state index is 12.7. The van der Waals surface area contributed by atoms with Crippen LogP contribution in [0.4, 0.5) is 5.69 Å². The number of aliphatic carboxylic acids is 2. The number of hydrogen-bond acceptors (Lipinski definition) is 6. The van der Waals surface area contributed by atoms with Gasteiger partial charge in [-0.05, 0) is 44.0 Å². The molecule has 9 heteroatoms. The van der Waals surface area contributed by atoms with Gasteiger partial charge in [0.2, 0.25) is 0 Å². The van der Waals surface area contributed by atoms with Gasteiger partial charge in [0.1, 0.15) is 6.61 Å². The zero-order chi connectivity index (χ0) is 21.7. The third-order valence-electron chi connectivity index (χ3n) is 5.66. The number of anilines is 1. The number of carboxylic acid groups (broad SMARTS) is 2. The van der Waals surface area contributed by atoms with Crippen molar-refractivity contribution in [1.29, 1.82) is 0 Å².